The quantitative estimate of drug-likeness (QED) is 0.887. The number of ether oxygens (including phenoxy) is 1. The maximum Gasteiger partial charge on any atom is 0.573 e. The van der Waals surface area contributed by atoms with Crippen LogP contribution in [0, 0.1) is 0 Å². The summed E-state index contributed by atoms with van der Waals surface area (Å²) >= 11 is 1.27. The highest BCUT2D eigenvalue weighted by Crippen LogP contribution is 2.36. The number of nitrogens with two attached hydrogens (primary N) is 1. The molecule has 0 aliphatic heterocycles. The number of rotatable bonds is 2. The predicted molar refractivity (Wildman–Crippen MR) is 60.9 cm³/mol. The molecule has 0 unspecified atom stereocenters. The second-order valence-corrected chi connectivity index (χ2v) is 4.22. The van der Waals surface area contributed by atoms with E-state index >= 15 is 0 Å². The Morgan fingerprint density at radius 1 is 1.18 bits per heavy atom. The first kappa shape index (κ1) is 11.8. The molecule has 2 rings (SSSR count). The lowest BCUT2D eigenvalue weighted by molar-refractivity contribution is -0.274. The fourth-order valence-corrected chi connectivity index (χ4v) is 2.07. The highest BCUT2D eigenvalue weighted by Gasteiger charge is 2.32. The molecule has 0 atom stereocenters. The average Bonchev–Trinajstić information content (AvgIpc) is 2.63. The summed E-state index contributed by atoms with van der Waals surface area (Å²) in [5.41, 5.74) is 6.54. The van der Waals surface area contributed by atoms with Crippen LogP contribution in [-0.2, 0) is 0 Å². The van der Waals surface area contributed by atoms with Crippen LogP contribution >= 0.6 is 11.3 Å². The molecule has 0 aliphatic rings. The number of para-hydroxylation sites is 1. The first-order chi connectivity index (χ1) is 7.96. The van der Waals surface area contributed by atoms with Gasteiger partial charge in [0.15, 0.2) is 0 Å². The van der Waals surface area contributed by atoms with Gasteiger partial charge in [0, 0.05) is 10.9 Å². The molecule has 1 aromatic heterocycles. The molecule has 0 saturated heterocycles. The van der Waals surface area contributed by atoms with Crippen LogP contribution in [0.5, 0.6) is 5.75 Å². The Balaban J connectivity index is 2.41. The summed E-state index contributed by atoms with van der Waals surface area (Å²) in [6.45, 7) is 0. The van der Waals surface area contributed by atoms with Crippen molar-refractivity contribution in [2.45, 2.75) is 6.36 Å². The van der Waals surface area contributed by atoms with Gasteiger partial charge >= 0.3 is 6.36 Å². The Morgan fingerprint density at radius 3 is 2.47 bits per heavy atom. The third-order valence-corrected chi connectivity index (χ3v) is 2.81. The van der Waals surface area contributed by atoms with Gasteiger partial charge in [0.25, 0.3) is 0 Å². The van der Waals surface area contributed by atoms with Crippen molar-refractivity contribution in [3.63, 3.8) is 0 Å². The molecule has 0 saturated carbocycles. The Labute approximate surface area is 99.4 Å². The molecule has 17 heavy (non-hydrogen) atoms. The summed E-state index contributed by atoms with van der Waals surface area (Å²) in [6.07, 6.45) is -4.70. The molecule has 0 radical (unpaired) electrons. The van der Waals surface area contributed by atoms with Crippen molar-refractivity contribution in [2.75, 3.05) is 5.73 Å². The topological polar surface area (TPSA) is 35.2 Å². The van der Waals surface area contributed by atoms with Gasteiger partial charge in [0.1, 0.15) is 5.75 Å². The highest BCUT2D eigenvalue weighted by molar-refractivity contribution is 7.14. The predicted octanol–water partition coefficient (Wildman–Crippen LogP) is 3.90. The van der Waals surface area contributed by atoms with E-state index < -0.39 is 6.36 Å². The highest BCUT2D eigenvalue weighted by atomic mass is 32.1. The fourth-order valence-electron chi connectivity index (χ4n) is 1.41. The lowest BCUT2D eigenvalue weighted by Gasteiger charge is -2.12. The van der Waals surface area contributed by atoms with E-state index in [0.29, 0.717) is 16.1 Å². The molecule has 0 amide bonds. The van der Waals surface area contributed by atoms with Crippen LogP contribution < -0.4 is 10.5 Å². The van der Waals surface area contributed by atoms with Crippen LogP contribution in [0.15, 0.2) is 35.7 Å². The molecule has 2 nitrogen and oxygen atoms in total. The van der Waals surface area contributed by atoms with Crippen LogP contribution in [0.1, 0.15) is 0 Å². The van der Waals surface area contributed by atoms with E-state index in [1.54, 1.807) is 23.6 Å². The van der Waals surface area contributed by atoms with E-state index in [1.807, 2.05) is 0 Å². The van der Waals surface area contributed by atoms with Gasteiger partial charge in [0.05, 0.1) is 5.00 Å². The molecule has 2 N–H and O–H groups in total. The van der Waals surface area contributed by atoms with Gasteiger partial charge in [-0.25, -0.2) is 0 Å². The minimum atomic E-state index is -4.70. The molecule has 0 fully saturated rings. The van der Waals surface area contributed by atoms with Gasteiger partial charge in [-0.1, -0.05) is 18.2 Å². The van der Waals surface area contributed by atoms with Crippen molar-refractivity contribution in [1.29, 1.82) is 0 Å². The third kappa shape index (κ3) is 2.91. The van der Waals surface area contributed by atoms with E-state index in [4.69, 9.17) is 5.73 Å². The van der Waals surface area contributed by atoms with Crippen LogP contribution in [0.4, 0.5) is 18.2 Å². The number of hydrogen-bond donors (Lipinski definition) is 1. The van der Waals surface area contributed by atoms with Gasteiger partial charge < -0.3 is 10.5 Å². The van der Waals surface area contributed by atoms with Crippen molar-refractivity contribution in [3.05, 3.63) is 35.7 Å². The number of alkyl halides is 3. The Morgan fingerprint density at radius 2 is 1.88 bits per heavy atom. The Kier molecular flexibility index (Phi) is 2.97. The lowest BCUT2D eigenvalue weighted by Crippen LogP contribution is -2.17. The van der Waals surface area contributed by atoms with Gasteiger partial charge in [-0.05, 0) is 17.7 Å². The summed E-state index contributed by atoms with van der Waals surface area (Å²) in [5, 5.41) is 2.23. The summed E-state index contributed by atoms with van der Waals surface area (Å²) in [4.78, 5) is 0. The molecule has 6 heteroatoms. The molecule has 2 aromatic rings. The molecule has 0 bridgehead atoms. The number of halogens is 3. The third-order valence-electron chi connectivity index (χ3n) is 2.04. The largest absolute Gasteiger partial charge is 0.573 e. The minimum Gasteiger partial charge on any atom is -0.405 e. The van der Waals surface area contributed by atoms with Crippen molar-refractivity contribution in [2.24, 2.45) is 0 Å². The molecule has 0 aliphatic carbocycles. The van der Waals surface area contributed by atoms with Crippen molar-refractivity contribution < 1.29 is 17.9 Å². The second kappa shape index (κ2) is 4.29. The fraction of sp³-hybridized carbons (Fsp3) is 0.0909. The average molecular weight is 259 g/mol. The molecule has 1 aromatic carbocycles. The molecule has 1 heterocycles. The first-order valence-electron chi connectivity index (χ1n) is 4.65. The summed E-state index contributed by atoms with van der Waals surface area (Å²) in [7, 11) is 0. The van der Waals surface area contributed by atoms with E-state index in [9.17, 15) is 13.2 Å². The minimum absolute atomic E-state index is 0.224. The van der Waals surface area contributed by atoms with Crippen LogP contribution in [0.3, 0.4) is 0 Å². The van der Waals surface area contributed by atoms with Gasteiger partial charge in [0.2, 0.25) is 0 Å². The van der Waals surface area contributed by atoms with E-state index in [2.05, 4.69) is 4.74 Å². The van der Waals surface area contributed by atoms with Crippen molar-refractivity contribution in [3.8, 4) is 16.9 Å². The van der Waals surface area contributed by atoms with Gasteiger partial charge in [-0.3, -0.25) is 0 Å². The molecular weight excluding hydrogens is 251 g/mol. The Bertz CT molecular complexity index is 521. The summed E-state index contributed by atoms with van der Waals surface area (Å²) < 4.78 is 40.6. The normalized spacial score (nSPS) is 11.5. The SMILES string of the molecule is Nc1cc(-c2ccccc2OC(F)(F)F)cs1. The summed E-state index contributed by atoms with van der Waals surface area (Å²) in [5.74, 6) is -0.224. The maximum absolute atomic E-state index is 12.2. The number of hydrogen-bond acceptors (Lipinski definition) is 3. The zero-order valence-electron chi connectivity index (χ0n) is 8.49. The monoisotopic (exact) mass is 259 g/mol. The zero-order valence-corrected chi connectivity index (χ0v) is 9.31. The molecular formula is C11H8F3NOS. The van der Waals surface area contributed by atoms with Crippen LogP contribution in [-0.4, -0.2) is 6.36 Å². The molecule has 0 spiro atoms. The smallest absolute Gasteiger partial charge is 0.405 e. The zero-order chi connectivity index (χ0) is 12.5. The van der Waals surface area contributed by atoms with Crippen LogP contribution in [0.2, 0.25) is 0 Å². The van der Waals surface area contributed by atoms with E-state index in [-0.39, 0.29) is 5.75 Å². The molecule has 90 valence electrons. The van der Waals surface area contributed by atoms with Gasteiger partial charge in [-0.2, -0.15) is 0 Å². The maximum atomic E-state index is 12.2. The number of benzene rings is 1. The van der Waals surface area contributed by atoms with Gasteiger partial charge in [-0.15, -0.1) is 24.5 Å². The number of anilines is 1. The Hall–Kier alpha value is -1.69. The number of nitrogen functional groups attached to an aromatic ring is 1. The van der Waals surface area contributed by atoms with Crippen molar-refractivity contribution in [1.82, 2.24) is 0 Å². The summed E-state index contributed by atoms with van der Waals surface area (Å²) in [6, 6.07) is 7.58. The lowest BCUT2D eigenvalue weighted by atomic mass is 10.1. The number of thiophene rings is 1. The van der Waals surface area contributed by atoms with E-state index in [1.165, 1.54) is 23.5 Å². The standard InChI is InChI=1S/C11H8F3NOS/c12-11(13,14)16-9-4-2-1-3-8(9)7-5-10(15)17-6-7/h1-6H,15H2. The first-order valence-corrected chi connectivity index (χ1v) is 5.53. The second-order valence-electron chi connectivity index (χ2n) is 3.28. The van der Waals surface area contributed by atoms with Crippen molar-refractivity contribution >= 4 is 16.3 Å². The van der Waals surface area contributed by atoms with E-state index in [0.717, 1.165) is 0 Å². The van der Waals surface area contributed by atoms with Crippen LogP contribution in [0.25, 0.3) is 11.1 Å².